The third kappa shape index (κ3) is 2.62. The summed E-state index contributed by atoms with van der Waals surface area (Å²) in [6, 6.07) is 8.05. The summed E-state index contributed by atoms with van der Waals surface area (Å²) in [4.78, 5) is 33.0. The number of fused-ring (bicyclic) bond motifs is 1. The largest absolute Gasteiger partial charge is 0.405 e. The Hall–Kier alpha value is -2.93. The third-order valence-electron chi connectivity index (χ3n) is 4.06. The zero-order valence-electron chi connectivity index (χ0n) is 13.2. The van der Waals surface area contributed by atoms with E-state index < -0.39 is 11.7 Å². The van der Waals surface area contributed by atoms with Crippen molar-refractivity contribution in [3.8, 4) is 0 Å². The topological polar surface area (TPSA) is 88.3 Å². The van der Waals surface area contributed by atoms with E-state index in [1.165, 1.54) is 5.01 Å². The van der Waals surface area contributed by atoms with Gasteiger partial charge in [0.25, 0.3) is 0 Å². The van der Waals surface area contributed by atoms with Gasteiger partial charge in [-0.25, -0.2) is 14.8 Å². The Bertz CT molecular complexity index is 1050. The molecule has 4 rings (SSSR count). The number of para-hydroxylation sites is 1. The number of nitrogens with zero attached hydrogens (tertiary/aromatic N) is 3. The summed E-state index contributed by atoms with van der Waals surface area (Å²) < 4.78 is 5.40. The number of halogens is 1. The smallest absolute Gasteiger partial charge is 0.346 e. The highest BCUT2D eigenvalue weighted by Crippen LogP contribution is 2.34. The fourth-order valence-electron chi connectivity index (χ4n) is 2.88. The maximum atomic E-state index is 12.3. The lowest BCUT2D eigenvalue weighted by Gasteiger charge is -2.23. The normalized spacial score (nSPS) is 17.1. The molecule has 3 heterocycles. The van der Waals surface area contributed by atoms with Crippen molar-refractivity contribution >= 4 is 34.2 Å². The van der Waals surface area contributed by atoms with Crippen molar-refractivity contribution in [3.63, 3.8) is 0 Å². The van der Waals surface area contributed by atoms with E-state index in [4.69, 9.17) is 16.0 Å². The maximum absolute atomic E-state index is 12.3. The van der Waals surface area contributed by atoms with Crippen molar-refractivity contribution in [1.82, 2.24) is 15.4 Å². The molecule has 0 bridgehead atoms. The summed E-state index contributed by atoms with van der Waals surface area (Å²) in [5.74, 6) is 0.280. The van der Waals surface area contributed by atoms with Crippen LogP contribution in [0.3, 0.4) is 0 Å². The number of amides is 1. The minimum atomic E-state index is -0.614. The monoisotopic (exact) mass is 356 g/mol. The fourth-order valence-corrected chi connectivity index (χ4v) is 3.09. The molecule has 0 spiro atoms. The standard InChI is InChI=1S/C17H13ClN4O3/c1-9-4-2-5-10-14(9)20-16(25-17(10)24)12-8-13(23)21-22(12)15-11(18)6-3-7-19-15/h2-7,12H,8H2,1H3,(H,21,23). The minimum absolute atomic E-state index is 0.0836. The highest BCUT2D eigenvalue weighted by Gasteiger charge is 2.37. The van der Waals surface area contributed by atoms with Crippen molar-refractivity contribution < 1.29 is 9.21 Å². The van der Waals surface area contributed by atoms with Gasteiger partial charge in [0.1, 0.15) is 6.04 Å². The molecule has 1 aliphatic heterocycles. The number of carbonyl (C=O) groups excluding carboxylic acids is 1. The third-order valence-corrected chi connectivity index (χ3v) is 4.36. The number of anilines is 1. The molecule has 25 heavy (non-hydrogen) atoms. The molecule has 1 saturated heterocycles. The summed E-state index contributed by atoms with van der Waals surface area (Å²) in [6.07, 6.45) is 1.65. The average Bonchev–Trinajstić information content (AvgIpc) is 2.98. The highest BCUT2D eigenvalue weighted by atomic mass is 35.5. The first-order valence-electron chi connectivity index (χ1n) is 7.64. The second-order valence-electron chi connectivity index (χ2n) is 5.74. The van der Waals surface area contributed by atoms with Gasteiger partial charge in [-0.05, 0) is 30.7 Å². The van der Waals surface area contributed by atoms with Gasteiger partial charge in [0.15, 0.2) is 5.82 Å². The molecular formula is C17H13ClN4O3. The van der Waals surface area contributed by atoms with Gasteiger partial charge in [-0.15, -0.1) is 0 Å². The van der Waals surface area contributed by atoms with Crippen LogP contribution in [0.4, 0.5) is 5.82 Å². The van der Waals surface area contributed by atoms with Gasteiger partial charge < -0.3 is 4.42 Å². The second kappa shape index (κ2) is 5.86. The van der Waals surface area contributed by atoms with E-state index in [9.17, 15) is 9.59 Å². The van der Waals surface area contributed by atoms with Crippen LogP contribution in [0.1, 0.15) is 23.9 Å². The van der Waals surface area contributed by atoms with Crippen LogP contribution in [0.5, 0.6) is 0 Å². The molecule has 1 N–H and O–H groups in total. The molecule has 3 aromatic rings. The van der Waals surface area contributed by atoms with Crippen LogP contribution >= 0.6 is 11.6 Å². The number of hydrazine groups is 1. The van der Waals surface area contributed by atoms with E-state index in [2.05, 4.69) is 15.4 Å². The Morgan fingerprint density at radius 2 is 2.12 bits per heavy atom. The van der Waals surface area contributed by atoms with E-state index in [0.29, 0.717) is 21.7 Å². The van der Waals surface area contributed by atoms with Crippen LogP contribution in [0.2, 0.25) is 5.02 Å². The molecule has 8 heteroatoms. The summed E-state index contributed by atoms with van der Waals surface area (Å²) in [5, 5.41) is 2.26. The van der Waals surface area contributed by atoms with Crippen molar-refractivity contribution in [2.45, 2.75) is 19.4 Å². The first kappa shape index (κ1) is 15.6. The van der Waals surface area contributed by atoms with Crippen molar-refractivity contribution in [3.05, 3.63) is 63.4 Å². The van der Waals surface area contributed by atoms with Crippen LogP contribution in [0.15, 0.2) is 45.7 Å². The number of carbonyl (C=O) groups is 1. The minimum Gasteiger partial charge on any atom is -0.405 e. The zero-order valence-corrected chi connectivity index (χ0v) is 13.9. The van der Waals surface area contributed by atoms with E-state index in [0.717, 1.165) is 5.56 Å². The summed E-state index contributed by atoms with van der Waals surface area (Å²) in [5.41, 5.74) is 3.61. The van der Waals surface area contributed by atoms with Crippen LogP contribution in [-0.2, 0) is 4.79 Å². The van der Waals surface area contributed by atoms with Gasteiger partial charge in [0.2, 0.25) is 11.8 Å². The van der Waals surface area contributed by atoms with Gasteiger partial charge in [0, 0.05) is 6.20 Å². The predicted molar refractivity (Wildman–Crippen MR) is 92.2 cm³/mol. The quantitative estimate of drug-likeness (QED) is 0.759. The summed E-state index contributed by atoms with van der Waals surface area (Å²) in [7, 11) is 0. The average molecular weight is 357 g/mol. The molecule has 1 amide bonds. The molecule has 2 aromatic heterocycles. The van der Waals surface area contributed by atoms with Crippen LogP contribution in [0, 0.1) is 6.92 Å². The number of benzene rings is 1. The van der Waals surface area contributed by atoms with E-state index in [-0.39, 0.29) is 18.2 Å². The lowest BCUT2D eigenvalue weighted by atomic mass is 10.1. The Kier molecular flexibility index (Phi) is 3.65. The number of pyridine rings is 1. The number of hydrogen-bond acceptors (Lipinski definition) is 6. The van der Waals surface area contributed by atoms with Gasteiger partial charge in [-0.2, -0.15) is 0 Å². The lowest BCUT2D eigenvalue weighted by molar-refractivity contribution is -0.119. The number of hydrogen-bond donors (Lipinski definition) is 1. The Balaban J connectivity index is 1.86. The van der Waals surface area contributed by atoms with Crippen LogP contribution in [0.25, 0.3) is 10.9 Å². The lowest BCUT2D eigenvalue weighted by Crippen LogP contribution is -2.36. The Morgan fingerprint density at radius 1 is 1.28 bits per heavy atom. The van der Waals surface area contributed by atoms with Gasteiger partial charge >= 0.3 is 5.63 Å². The van der Waals surface area contributed by atoms with Crippen molar-refractivity contribution in [2.24, 2.45) is 0 Å². The number of nitrogens with one attached hydrogen (secondary N) is 1. The molecule has 1 fully saturated rings. The molecule has 1 aromatic carbocycles. The molecule has 1 atom stereocenters. The molecule has 0 radical (unpaired) electrons. The van der Waals surface area contributed by atoms with E-state index >= 15 is 0 Å². The van der Waals surface area contributed by atoms with E-state index in [1.807, 2.05) is 13.0 Å². The van der Waals surface area contributed by atoms with Crippen molar-refractivity contribution in [1.29, 1.82) is 0 Å². The molecule has 1 aliphatic rings. The SMILES string of the molecule is Cc1cccc2c(=O)oc(C3CC(=O)NN3c3ncccc3Cl)nc12. The summed E-state index contributed by atoms with van der Waals surface area (Å²) in [6.45, 7) is 1.87. The van der Waals surface area contributed by atoms with Crippen molar-refractivity contribution in [2.75, 3.05) is 5.01 Å². The molecule has 7 nitrogen and oxygen atoms in total. The van der Waals surface area contributed by atoms with Gasteiger partial charge in [0.05, 0.1) is 22.3 Å². The van der Waals surface area contributed by atoms with Gasteiger partial charge in [-0.3, -0.25) is 15.2 Å². The molecular weight excluding hydrogens is 344 g/mol. The zero-order chi connectivity index (χ0) is 17.6. The molecule has 126 valence electrons. The molecule has 0 aliphatic carbocycles. The predicted octanol–water partition coefficient (Wildman–Crippen LogP) is 2.53. The Labute approximate surface area is 147 Å². The maximum Gasteiger partial charge on any atom is 0.346 e. The first-order valence-corrected chi connectivity index (χ1v) is 8.02. The van der Waals surface area contributed by atoms with Crippen LogP contribution < -0.4 is 16.1 Å². The molecule has 1 unspecified atom stereocenters. The van der Waals surface area contributed by atoms with Crippen LogP contribution in [-0.4, -0.2) is 15.9 Å². The number of aromatic nitrogens is 2. The highest BCUT2D eigenvalue weighted by molar-refractivity contribution is 6.33. The summed E-state index contributed by atoms with van der Waals surface area (Å²) >= 11 is 6.19. The Morgan fingerprint density at radius 3 is 2.92 bits per heavy atom. The first-order chi connectivity index (χ1) is 12.0. The molecule has 0 saturated carbocycles. The number of rotatable bonds is 2. The van der Waals surface area contributed by atoms with E-state index in [1.54, 1.807) is 30.5 Å². The fraction of sp³-hybridized carbons (Fsp3) is 0.176. The number of aryl methyl sites for hydroxylation is 1. The second-order valence-corrected chi connectivity index (χ2v) is 6.15. The van der Waals surface area contributed by atoms with Gasteiger partial charge in [-0.1, -0.05) is 23.7 Å².